The minimum absolute atomic E-state index is 0.436. The van der Waals surface area contributed by atoms with E-state index in [1.807, 2.05) is 20.2 Å². The molecule has 1 heterocycles. The van der Waals surface area contributed by atoms with Crippen molar-refractivity contribution in [2.45, 2.75) is 25.1 Å². The Morgan fingerprint density at radius 1 is 1.77 bits per heavy atom. The van der Waals surface area contributed by atoms with Crippen LogP contribution in [0.15, 0.2) is 6.20 Å². The van der Waals surface area contributed by atoms with Crippen molar-refractivity contribution >= 4 is 17.9 Å². The quantitative estimate of drug-likeness (QED) is 0.543. The normalized spacial score (nSPS) is 12.8. The molecule has 1 aromatic rings. The number of aldehydes is 1. The van der Waals surface area contributed by atoms with Gasteiger partial charge in [-0.3, -0.25) is 4.68 Å². The molecule has 0 aliphatic carbocycles. The molecule has 0 aliphatic rings. The summed E-state index contributed by atoms with van der Waals surface area (Å²) in [7, 11) is 1.87. The van der Waals surface area contributed by atoms with Crippen LogP contribution in [0.4, 0.5) is 0 Å². The van der Waals surface area contributed by atoms with Crippen molar-refractivity contribution in [2.75, 3.05) is 0 Å². The highest BCUT2D eigenvalue weighted by atomic mass is 35.5. The number of carbonyl (C=O) groups is 1. The maximum Gasteiger partial charge on any atom is 0.138 e. The fourth-order valence-corrected chi connectivity index (χ4v) is 1.48. The zero-order valence-electron chi connectivity index (χ0n) is 7.83. The highest BCUT2D eigenvalue weighted by Crippen LogP contribution is 2.11. The van der Waals surface area contributed by atoms with E-state index >= 15 is 0 Å². The second kappa shape index (κ2) is 4.42. The van der Waals surface area contributed by atoms with Gasteiger partial charge in [0.15, 0.2) is 0 Å². The van der Waals surface area contributed by atoms with Crippen LogP contribution in [0.1, 0.15) is 18.2 Å². The minimum Gasteiger partial charge on any atom is -0.302 e. The molecular formula is C9H13ClN2O. The lowest BCUT2D eigenvalue weighted by Crippen LogP contribution is -2.05. The van der Waals surface area contributed by atoms with Crippen LogP contribution >= 0.6 is 11.6 Å². The second-order valence-electron chi connectivity index (χ2n) is 2.98. The molecule has 0 saturated heterocycles. The van der Waals surface area contributed by atoms with Crippen LogP contribution in [-0.2, 0) is 24.7 Å². The van der Waals surface area contributed by atoms with E-state index in [-0.39, 0.29) is 0 Å². The smallest absolute Gasteiger partial charge is 0.138 e. The fraction of sp³-hybridized carbons (Fsp3) is 0.556. The van der Waals surface area contributed by atoms with E-state index in [1.54, 1.807) is 4.68 Å². The van der Waals surface area contributed by atoms with Crippen LogP contribution in [0.3, 0.4) is 0 Å². The van der Waals surface area contributed by atoms with Gasteiger partial charge in [0.2, 0.25) is 0 Å². The van der Waals surface area contributed by atoms with Crippen LogP contribution in [0, 0.1) is 0 Å². The van der Waals surface area contributed by atoms with Crippen molar-refractivity contribution in [1.29, 1.82) is 0 Å². The molecule has 0 saturated carbocycles. The molecule has 13 heavy (non-hydrogen) atoms. The fourth-order valence-electron chi connectivity index (χ4n) is 1.31. The molecule has 0 aromatic carbocycles. The Hall–Kier alpha value is -0.830. The predicted molar refractivity (Wildman–Crippen MR) is 52.0 cm³/mol. The summed E-state index contributed by atoms with van der Waals surface area (Å²) < 4.78 is 1.75. The van der Waals surface area contributed by atoms with Gasteiger partial charge in [-0.2, -0.15) is 5.10 Å². The van der Waals surface area contributed by atoms with Crippen molar-refractivity contribution < 1.29 is 4.79 Å². The van der Waals surface area contributed by atoms with Gasteiger partial charge in [0, 0.05) is 13.2 Å². The predicted octanol–water partition coefficient (Wildman–Crippen LogP) is 1.33. The van der Waals surface area contributed by atoms with Gasteiger partial charge in [-0.25, -0.2) is 0 Å². The first-order valence-electron chi connectivity index (χ1n) is 4.28. The lowest BCUT2D eigenvalue weighted by atomic mass is 10.1. The van der Waals surface area contributed by atoms with E-state index in [0.29, 0.717) is 6.42 Å². The van der Waals surface area contributed by atoms with Crippen LogP contribution < -0.4 is 0 Å². The molecule has 0 fully saturated rings. The number of hydrogen-bond donors (Lipinski definition) is 0. The maximum atomic E-state index is 10.4. The zero-order chi connectivity index (χ0) is 9.84. The summed E-state index contributed by atoms with van der Waals surface area (Å²) in [6.07, 6.45) is 4.12. The monoisotopic (exact) mass is 200 g/mol. The SMILES string of the molecule is CCc1nn(C)cc1CC(Cl)C=O. The van der Waals surface area contributed by atoms with Gasteiger partial charge in [0.1, 0.15) is 6.29 Å². The first kappa shape index (κ1) is 10.3. The molecule has 1 rings (SSSR count). The highest BCUT2D eigenvalue weighted by molar-refractivity contribution is 6.27. The van der Waals surface area contributed by atoms with Gasteiger partial charge in [0.25, 0.3) is 0 Å². The third-order valence-electron chi connectivity index (χ3n) is 1.89. The summed E-state index contributed by atoms with van der Waals surface area (Å²) in [5, 5.41) is 3.82. The third kappa shape index (κ3) is 2.56. The lowest BCUT2D eigenvalue weighted by Gasteiger charge is -1.99. The van der Waals surface area contributed by atoms with Gasteiger partial charge in [-0.1, -0.05) is 6.92 Å². The Morgan fingerprint density at radius 3 is 3.00 bits per heavy atom. The summed E-state index contributed by atoms with van der Waals surface area (Å²) in [6.45, 7) is 2.04. The Bertz CT molecular complexity index is 296. The Morgan fingerprint density at radius 2 is 2.46 bits per heavy atom. The summed E-state index contributed by atoms with van der Waals surface area (Å²) in [6, 6.07) is 0. The van der Waals surface area contributed by atoms with Gasteiger partial charge in [-0.15, -0.1) is 11.6 Å². The molecule has 1 atom stereocenters. The molecule has 0 bridgehead atoms. The van der Waals surface area contributed by atoms with Crippen LogP contribution in [0.25, 0.3) is 0 Å². The molecule has 0 N–H and O–H groups in total. The van der Waals surface area contributed by atoms with E-state index in [0.717, 1.165) is 24.0 Å². The van der Waals surface area contributed by atoms with Crippen molar-refractivity contribution in [2.24, 2.45) is 7.05 Å². The molecule has 1 unspecified atom stereocenters. The Kier molecular flexibility index (Phi) is 3.48. The lowest BCUT2D eigenvalue weighted by molar-refractivity contribution is -0.107. The first-order valence-corrected chi connectivity index (χ1v) is 4.71. The van der Waals surface area contributed by atoms with Crippen molar-refractivity contribution in [3.63, 3.8) is 0 Å². The molecule has 72 valence electrons. The first-order chi connectivity index (χ1) is 6.17. The molecule has 0 spiro atoms. The standard InChI is InChI=1S/C9H13ClN2O/c1-3-9-7(4-8(10)6-13)5-12(2)11-9/h5-6,8H,3-4H2,1-2H3. The number of carbonyl (C=O) groups excluding carboxylic acids is 1. The summed E-state index contributed by atoms with van der Waals surface area (Å²) in [5.74, 6) is 0. The molecule has 1 aromatic heterocycles. The van der Waals surface area contributed by atoms with Gasteiger partial charge in [-0.05, 0) is 18.4 Å². The second-order valence-corrected chi connectivity index (χ2v) is 3.55. The van der Waals surface area contributed by atoms with E-state index in [9.17, 15) is 4.79 Å². The molecule has 0 amide bonds. The summed E-state index contributed by atoms with van der Waals surface area (Å²) >= 11 is 5.73. The van der Waals surface area contributed by atoms with Crippen molar-refractivity contribution in [3.05, 3.63) is 17.5 Å². The third-order valence-corrected chi connectivity index (χ3v) is 2.15. The number of hydrogen-bond acceptors (Lipinski definition) is 2. The topological polar surface area (TPSA) is 34.9 Å². The van der Waals surface area contributed by atoms with Crippen LogP contribution in [0.2, 0.25) is 0 Å². The largest absolute Gasteiger partial charge is 0.302 e. The number of alkyl halides is 1. The van der Waals surface area contributed by atoms with E-state index in [2.05, 4.69) is 5.10 Å². The number of aryl methyl sites for hydroxylation is 2. The molecule has 4 heteroatoms. The van der Waals surface area contributed by atoms with E-state index in [1.165, 1.54) is 0 Å². The number of aromatic nitrogens is 2. The molecule has 3 nitrogen and oxygen atoms in total. The van der Waals surface area contributed by atoms with E-state index < -0.39 is 5.38 Å². The highest BCUT2D eigenvalue weighted by Gasteiger charge is 2.10. The van der Waals surface area contributed by atoms with E-state index in [4.69, 9.17) is 11.6 Å². The Balaban J connectivity index is 2.80. The van der Waals surface area contributed by atoms with Gasteiger partial charge < -0.3 is 4.79 Å². The average Bonchev–Trinajstić information content (AvgIpc) is 2.46. The van der Waals surface area contributed by atoms with Crippen molar-refractivity contribution in [1.82, 2.24) is 9.78 Å². The van der Waals surface area contributed by atoms with Crippen LogP contribution in [-0.4, -0.2) is 21.4 Å². The van der Waals surface area contributed by atoms with Crippen LogP contribution in [0.5, 0.6) is 0 Å². The van der Waals surface area contributed by atoms with Crippen molar-refractivity contribution in [3.8, 4) is 0 Å². The van der Waals surface area contributed by atoms with Gasteiger partial charge in [0.05, 0.1) is 11.1 Å². The minimum atomic E-state index is -0.436. The Labute approximate surface area is 82.7 Å². The number of halogens is 1. The summed E-state index contributed by atoms with van der Waals surface area (Å²) in [5.41, 5.74) is 2.09. The molecular weight excluding hydrogens is 188 g/mol. The maximum absolute atomic E-state index is 10.4. The summed E-state index contributed by atoms with van der Waals surface area (Å²) in [4.78, 5) is 10.4. The van der Waals surface area contributed by atoms with Gasteiger partial charge >= 0.3 is 0 Å². The molecule has 0 radical (unpaired) electrons. The molecule has 0 aliphatic heterocycles. The zero-order valence-corrected chi connectivity index (χ0v) is 8.58. The average molecular weight is 201 g/mol. The number of nitrogens with zero attached hydrogens (tertiary/aromatic N) is 2. The number of rotatable bonds is 4.